The maximum Gasteiger partial charge on any atom is 0.0666 e. The van der Waals surface area contributed by atoms with Crippen LogP contribution < -0.4 is 0 Å². The van der Waals surface area contributed by atoms with Gasteiger partial charge in [0.2, 0.25) is 0 Å². The second kappa shape index (κ2) is 11.7. The molecule has 0 amide bonds. The summed E-state index contributed by atoms with van der Waals surface area (Å²) < 4.78 is 162. The molecule has 0 aromatic heterocycles. The fraction of sp³-hybridized carbons (Fsp3) is 0.294. The first kappa shape index (κ1) is 10.6. The highest BCUT2D eigenvalue weighted by atomic mass is 28.3. The molecule has 0 fully saturated rings. The van der Waals surface area contributed by atoms with Gasteiger partial charge < -0.3 is 0 Å². The molecule has 0 unspecified atom stereocenters. The van der Waals surface area contributed by atoms with Crippen molar-refractivity contribution in [2.75, 3.05) is 0 Å². The summed E-state index contributed by atoms with van der Waals surface area (Å²) in [7, 11) is -3.74. The van der Waals surface area contributed by atoms with Gasteiger partial charge in [0.1, 0.15) is 0 Å². The van der Waals surface area contributed by atoms with Gasteiger partial charge in [0.15, 0.2) is 0 Å². The molecule has 35 heavy (non-hydrogen) atoms. The Morgan fingerprint density at radius 3 is 1.54 bits per heavy atom. The monoisotopic (exact) mass is 495 g/mol. The van der Waals surface area contributed by atoms with E-state index in [-0.39, 0.29) is 76.9 Å². The van der Waals surface area contributed by atoms with Gasteiger partial charge in [-0.1, -0.05) is 159 Å². The van der Waals surface area contributed by atoms with Gasteiger partial charge in [-0.3, -0.25) is 0 Å². The minimum atomic E-state index is -3.74. The first-order valence-corrected chi connectivity index (χ1v) is 14.4. The Bertz CT molecular complexity index is 2010. The van der Waals surface area contributed by atoms with Gasteiger partial charge in [0.25, 0.3) is 0 Å². The number of hydrogen-bond acceptors (Lipinski definition) is 0. The van der Waals surface area contributed by atoms with Crippen molar-refractivity contribution in [3.05, 3.63) is 143 Å². The summed E-state index contributed by atoms with van der Waals surface area (Å²) in [4.78, 5) is 0. The summed E-state index contributed by atoms with van der Waals surface area (Å²) in [5.74, 6) is 0. The van der Waals surface area contributed by atoms with E-state index in [1.54, 1.807) is 20.8 Å². The average molecular weight is 496 g/mol. The maximum absolute atomic E-state index is 9.09. The third-order valence-corrected chi connectivity index (χ3v) is 10.7. The van der Waals surface area contributed by atoms with Crippen LogP contribution in [-0.4, -0.2) is 8.07 Å². The lowest BCUT2D eigenvalue weighted by atomic mass is 9.84. The minimum Gasteiger partial charge on any atom is -0.0622 e. The zero-order chi connectivity index (χ0) is 41.1. The number of hydrogen-bond donors (Lipinski definition) is 0. The van der Waals surface area contributed by atoms with Crippen LogP contribution in [0.2, 0.25) is 6.04 Å². The molecule has 4 aromatic carbocycles. The molecule has 0 bridgehead atoms. The topological polar surface area (TPSA) is 0 Å². The normalized spacial score (nSPS) is 19.6. The zero-order valence-corrected chi connectivity index (χ0v) is 21.2. The molecule has 0 nitrogen and oxygen atoms in total. The Kier molecular flexibility index (Phi) is 3.54. The van der Waals surface area contributed by atoms with Crippen molar-refractivity contribution in [2.24, 2.45) is 0 Å². The van der Waals surface area contributed by atoms with Crippen molar-refractivity contribution in [1.29, 1.82) is 0 Å². The molecule has 0 atom stereocenters. The lowest BCUT2D eigenvalue weighted by Gasteiger charge is -2.35. The van der Waals surface area contributed by atoms with Crippen LogP contribution in [0.3, 0.4) is 0 Å². The van der Waals surface area contributed by atoms with E-state index in [2.05, 4.69) is 0 Å². The molecule has 180 valence electrons. The van der Waals surface area contributed by atoms with Gasteiger partial charge in [-0.05, 0) is 46.7 Å². The van der Waals surface area contributed by atoms with Crippen LogP contribution in [0.25, 0.3) is 0 Å². The molecular formula is C34H40Si. The Morgan fingerprint density at radius 1 is 0.571 bits per heavy atom. The molecule has 0 spiro atoms. The van der Waals surface area contributed by atoms with E-state index in [0.29, 0.717) is 0 Å². The van der Waals surface area contributed by atoms with Gasteiger partial charge in [-0.25, -0.2) is 0 Å². The first-order valence-electron chi connectivity index (χ1n) is 21.1. The Morgan fingerprint density at radius 2 is 1.03 bits per heavy atom. The van der Waals surface area contributed by atoms with Crippen LogP contribution in [0, 0.1) is 0 Å². The second-order valence-electron chi connectivity index (χ2n) is 9.80. The summed E-state index contributed by atoms with van der Waals surface area (Å²) in [6.07, 6.45) is -0.00190. The van der Waals surface area contributed by atoms with Crippen LogP contribution >= 0.6 is 0 Å². The summed E-state index contributed by atoms with van der Waals surface area (Å²) in [5, 5.41) is 0. The molecule has 0 saturated carbocycles. The predicted octanol–water partition coefficient (Wildman–Crippen LogP) is 8.71. The molecule has 0 saturated heterocycles. The molecule has 4 rings (SSSR count). The molecule has 0 radical (unpaired) electrons. The van der Waals surface area contributed by atoms with Crippen molar-refractivity contribution in [3.8, 4) is 0 Å². The summed E-state index contributed by atoms with van der Waals surface area (Å²) in [6.45, 7) is 5.29. The lowest BCUT2D eigenvalue weighted by Crippen LogP contribution is -2.44. The van der Waals surface area contributed by atoms with Crippen molar-refractivity contribution in [3.63, 3.8) is 0 Å². The summed E-state index contributed by atoms with van der Waals surface area (Å²) in [6, 6.07) is -10.6. The Labute approximate surface area is 240 Å². The predicted molar refractivity (Wildman–Crippen MR) is 154 cm³/mol. The molecule has 0 aliphatic heterocycles. The van der Waals surface area contributed by atoms with Crippen molar-refractivity contribution >= 4 is 8.07 Å². The van der Waals surface area contributed by atoms with Crippen LogP contribution in [0.15, 0.2) is 115 Å². The summed E-state index contributed by atoms with van der Waals surface area (Å²) in [5.41, 5.74) is -0.638. The van der Waals surface area contributed by atoms with E-state index in [1.165, 1.54) is 0 Å². The van der Waals surface area contributed by atoms with Crippen molar-refractivity contribution in [2.45, 2.75) is 63.2 Å². The standard InChI is InChI=1S/C34H40Si/c1-34(2,3)33-24-14-13-23-32(33)28-35(26-30-18-9-5-10-19-30,27-31-20-11-6-12-21-31)25-15-22-29-16-7-4-8-17-29/h4-14,16-21,23-24H,15,22,25-28H2,1-3H3/i4D,5D,6D,7D,8D,9D,10D,11D,12D,13D,14D,16D,17D,18D,19D,20D,21D,23D,24D. The highest BCUT2D eigenvalue weighted by Gasteiger charge is 2.35. The van der Waals surface area contributed by atoms with E-state index < -0.39 is 116 Å². The lowest BCUT2D eigenvalue weighted by molar-refractivity contribution is 0.585. The van der Waals surface area contributed by atoms with Crippen LogP contribution in [0.5, 0.6) is 0 Å². The largest absolute Gasteiger partial charge is 0.0666 e. The van der Waals surface area contributed by atoms with E-state index in [1.807, 2.05) is 0 Å². The van der Waals surface area contributed by atoms with Crippen LogP contribution in [0.4, 0.5) is 0 Å². The smallest absolute Gasteiger partial charge is 0.0622 e. The highest BCUT2D eigenvalue weighted by Crippen LogP contribution is 2.33. The van der Waals surface area contributed by atoms with Gasteiger partial charge >= 0.3 is 0 Å². The fourth-order valence-electron chi connectivity index (χ4n) is 4.46. The zero-order valence-electron chi connectivity index (χ0n) is 39.2. The number of rotatable bonds is 10. The fourth-order valence-corrected chi connectivity index (χ4v) is 9.16. The first-order chi connectivity index (χ1) is 24.8. The Hall–Kier alpha value is -2.90. The molecule has 1 heteroatoms. The summed E-state index contributed by atoms with van der Waals surface area (Å²) >= 11 is 0. The van der Waals surface area contributed by atoms with E-state index in [4.69, 9.17) is 26.0 Å². The van der Waals surface area contributed by atoms with Crippen LogP contribution in [-0.2, 0) is 30.0 Å². The van der Waals surface area contributed by atoms with Gasteiger partial charge in [0, 0.05) is 0 Å². The second-order valence-corrected chi connectivity index (χ2v) is 14.4. The van der Waals surface area contributed by atoms with Gasteiger partial charge in [-0.15, -0.1) is 0 Å². The minimum absolute atomic E-state index is 0.00604. The molecule has 0 N–H and O–H groups in total. The van der Waals surface area contributed by atoms with E-state index >= 15 is 0 Å². The molecule has 0 aliphatic carbocycles. The number of benzene rings is 4. The maximum atomic E-state index is 9.09. The Balaban J connectivity index is 2.12. The van der Waals surface area contributed by atoms with Gasteiger partial charge in [-0.2, -0.15) is 0 Å². The average Bonchev–Trinajstić information content (AvgIpc) is 3.12. The highest BCUT2D eigenvalue weighted by molar-refractivity contribution is 6.78. The molecule has 0 heterocycles. The third kappa shape index (κ3) is 7.29. The SMILES string of the molecule is [2H]c1c([2H])c([2H])c(CCC[Si](Cc2c([2H])c([2H])c([2H])c([2H])c2[2H])(Cc2c([2H])c([2H])c([2H])c([2H])c2[2H])Cc2c([2H])c([2H])c([2H])c([2H])c2C(C)(C)C)c([2H])c1[2H]. The van der Waals surface area contributed by atoms with Crippen molar-refractivity contribution < 1.29 is 26.0 Å². The molecule has 4 aromatic rings. The molecular weight excluding hydrogens is 436 g/mol. The van der Waals surface area contributed by atoms with E-state index in [0.717, 1.165) is 0 Å². The third-order valence-electron chi connectivity index (χ3n) is 5.96. The van der Waals surface area contributed by atoms with E-state index in [9.17, 15) is 0 Å². The molecule has 0 aliphatic rings. The van der Waals surface area contributed by atoms with Crippen LogP contribution in [0.1, 0.15) is 81.1 Å². The van der Waals surface area contributed by atoms with Crippen molar-refractivity contribution in [1.82, 2.24) is 0 Å². The van der Waals surface area contributed by atoms with Gasteiger partial charge in [0.05, 0.1) is 34.1 Å². The quantitative estimate of drug-likeness (QED) is 0.193.